The van der Waals surface area contributed by atoms with Gasteiger partial charge < -0.3 is 10.1 Å². The summed E-state index contributed by atoms with van der Waals surface area (Å²) in [6.07, 6.45) is 0. The summed E-state index contributed by atoms with van der Waals surface area (Å²) in [6.45, 7) is 3.19. The number of halogens is 3. The van der Waals surface area contributed by atoms with Crippen LogP contribution in [0.3, 0.4) is 0 Å². The maximum atomic E-state index is 13.1. The summed E-state index contributed by atoms with van der Waals surface area (Å²) >= 11 is 9.21. The van der Waals surface area contributed by atoms with Crippen LogP contribution in [0.15, 0.2) is 40.9 Å². The Morgan fingerprint density at radius 1 is 1.25 bits per heavy atom. The summed E-state index contributed by atoms with van der Waals surface area (Å²) in [6, 6.07) is 10.5. The van der Waals surface area contributed by atoms with Crippen LogP contribution >= 0.6 is 27.5 Å². The number of nitrogens with one attached hydrogen (secondary N) is 1. The lowest BCUT2D eigenvalue weighted by Crippen LogP contribution is -2.00. The zero-order chi connectivity index (χ0) is 14.5. The molecule has 2 aromatic rings. The summed E-state index contributed by atoms with van der Waals surface area (Å²) in [4.78, 5) is 0. The van der Waals surface area contributed by atoms with E-state index in [0.717, 1.165) is 21.5 Å². The van der Waals surface area contributed by atoms with Gasteiger partial charge >= 0.3 is 0 Å². The Bertz CT molecular complexity index is 606. The van der Waals surface area contributed by atoms with Crippen LogP contribution in [0.1, 0.15) is 12.5 Å². The first kappa shape index (κ1) is 15.1. The normalized spacial score (nSPS) is 10.4. The third-order valence-electron chi connectivity index (χ3n) is 2.71. The SMILES string of the molecule is CCOc1ccc(CNc2ccc(F)c(Cl)c2)cc1Br. The van der Waals surface area contributed by atoms with Crippen LogP contribution in [0, 0.1) is 5.82 Å². The monoisotopic (exact) mass is 357 g/mol. The average Bonchev–Trinajstić information content (AvgIpc) is 2.43. The van der Waals surface area contributed by atoms with Gasteiger partial charge in [0.2, 0.25) is 0 Å². The maximum absolute atomic E-state index is 13.1. The van der Waals surface area contributed by atoms with Crippen LogP contribution in [0.2, 0.25) is 5.02 Å². The third-order valence-corrected chi connectivity index (χ3v) is 3.62. The summed E-state index contributed by atoms with van der Waals surface area (Å²) in [5.74, 6) is 0.405. The molecule has 0 saturated heterocycles. The van der Waals surface area contributed by atoms with Crippen molar-refractivity contribution in [2.24, 2.45) is 0 Å². The van der Waals surface area contributed by atoms with E-state index >= 15 is 0 Å². The second-order valence-electron chi connectivity index (χ2n) is 4.18. The van der Waals surface area contributed by atoms with Crippen molar-refractivity contribution in [1.82, 2.24) is 0 Å². The molecule has 0 aliphatic carbocycles. The first-order valence-corrected chi connectivity index (χ1v) is 7.37. The Hall–Kier alpha value is -1.26. The van der Waals surface area contributed by atoms with Gasteiger partial charge in [0.05, 0.1) is 16.1 Å². The molecule has 0 bridgehead atoms. The average molecular weight is 359 g/mol. The highest BCUT2D eigenvalue weighted by Gasteiger charge is 2.04. The Labute approximate surface area is 131 Å². The van der Waals surface area contributed by atoms with Gasteiger partial charge in [0, 0.05) is 12.2 Å². The van der Waals surface area contributed by atoms with E-state index in [9.17, 15) is 4.39 Å². The highest BCUT2D eigenvalue weighted by molar-refractivity contribution is 9.10. The molecule has 0 aliphatic rings. The van der Waals surface area contributed by atoms with Crippen molar-refractivity contribution < 1.29 is 9.13 Å². The van der Waals surface area contributed by atoms with Crippen LogP contribution in [0.5, 0.6) is 5.75 Å². The first-order valence-electron chi connectivity index (χ1n) is 6.20. The molecule has 2 rings (SSSR count). The molecule has 0 saturated carbocycles. The van der Waals surface area contributed by atoms with E-state index in [-0.39, 0.29) is 5.02 Å². The van der Waals surface area contributed by atoms with Gasteiger partial charge in [-0.05, 0) is 58.7 Å². The zero-order valence-electron chi connectivity index (χ0n) is 10.9. The molecule has 1 N–H and O–H groups in total. The largest absolute Gasteiger partial charge is 0.493 e. The molecule has 106 valence electrons. The molecule has 0 atom stereocenters. The van der Waals surface area contributed by atoms with Crippen molar-refractivity contribution in [3.8, 4) is 5.75 Å². The third kappa shape index (κ3) is 3.87. The Balaban J connectivity index is 2.03. The molecule has 0 spiro atoms. The standard InChI is InChI=1S/C15H14BrClFNO/c1-2-20-15-6-3-10(7-12(15)16)9-19-11-4-5-14(18)13(17)8-11/h3-8,19H,2,9H2,1H3. The van der Waals surface area contributed by atoms with Crippen LogP contribution < -0.4 is 10.1 Å². The molecular formula is C15H14BrClFNO. The minimum Gasteiger partial charge on any atom is -0.493 e. The van der Waals surface area contributed by atoms with E-state index in [4.69, 9.17) is 16.3 Å². The smallest absolute Gasteiger partial charge is 0.141 e. The highest BCUT2D eigenvalue weighted by Crippen LogP contribution is 2.26. The quantitative estimate of drug-likeness (QED) is 0.788. The number of rotatable bonds is 5. The van der Waals surface area contributed by atoms with Crippen molar-refractivity contribution in [2.45, 2.75) is 13.5 Å². The minimum absolute atomic E-state index is 0.114. The molecule has 0 amide bonds. The van der Waals surface area contributed by atoms with Crippen molar-refractivity contribution in [3.63, 3.8) is 0 Å². The molecule has 0 heterocycles. The van der Waals surface area contributed by atoms with Gasteiger partial charge in [-0.25, -0.2) is 4.39 Å². The molecular weight excluding hydrogens is 345 g/mol. The maximum Gasteiger partial charge on any atom is 0.141 e. The van der Waals surface area contributed by atoms with E-state index in [1.807, 2.05) is 25.1 Å². The van der Waals surface area contributed by atoms with E-state index in [2.05, 4.69) is 21.2 Å². The van der Waals surface area contributed by atoms with Gasteiger partial charge in [0.15, 0.2) is 0 Å². The molecule has 0 fully saturated rings. The zero-order valence-corrected chi connectivity index (χ0v) is 13.3. The Morgan fingerprint density at radius 2 is 2.05 bits per heavy atom. The Kier molecular flexibility index (Phi) is 5.26. The van der Waals surface area contributed by atoms with E-state index in [1.54, 1.807) is 12.1 Å². The molecule has 5 heteroatoms. The van der Waals surface area contributed by atoms with Crippen LogP contribution in [-0.2, 0) is 6.54 Å². The number of hydrogen-bond acceptors (Lipinski definition) is 2. The van der Waals surface area contributed by atoms with Crippen molar-refractivity contribution in [1.29, 1.82) is 0 Å². The van der Waals surface area contributed by atoms with Gasteiger partial charge in [-0.3, -0.25) is 0 Å². The molecule has 0 aromatic heterocycles. The van der Waals surface area contributed by atoms with Gasteiger partial charge in [-0.1, -0.05) is 17.7 Å². The van der Waals surface area contributed by atoms with E-state index < -0.39 is 5.82 Å². The summed E-state index contributed by atoms with van der Waals surface area (Å²) in [7, 11) is 0. The first-order chi connectivity index (χ1) is 9.60. The lowest BCUT2D eigenvalue weighted by Gasteiger charge is -2.10. The molecule has 0 unspecified atom stereocenters. The lowest BCUT2D eigenvalue weighted by molar-refractivity contribution is 0.338. The van der Waals surface area contributed by atoms with Crippen LogP contribution in [0.25, 0.3) is 0 Å². The van der Waals surface area contributed by atoms with Gasteiger partial charge in [0.25, 0.3) is 0 Å². The summed E-state index contributed by atoms with van der Waals surface area (Å²) in [5, 5.41) is 3.31. The van der Waals surface area contributed by atoms with Crippen LogP contribution in [-0.4, -0.2) is 6.61 Å². The second-order valence-corrected chi connectivity index (χ2v) is 5.44. The van der Waals surface area contributed by atoms with Gasteiger partial charge in [0.1, 0.15) is 11.6 Å². The summed E-state index contributed by atoms with van der Waals surface area (Å²) < 4.78 is 19.4. The second kappa shape index (κ2) is 6.95. The molecule has 2 aromatic carbocycles. The number of anilines is 1. The fraction of sp³-hybridized carbons (Fsp3) is 0.200. The minimum atomic E-state index is -0.416. The predicted octanol–water partition coefficient (Wildman–Crippen LogP) is 5.25. The topological polar surface area (TPSA) is 21.3 Å². The van der Waals surface area contributed by atoms with E-state index in [1.165, 1.54) is 6.07 Å². The van der Waals surface area contributed by atoms with Gasteiger partial charge in [-0.2, -0.15) is 0 Å². The lowest BCUT2D eigenvalue weighted by atomic mass is 10.2. The van der Waals surface area contributed by atoms with E-state index in [0.29, 0.717) is 13.2 Å². The molecule has 2 nitrogen and oxygen atoms in total. The molecule has 0 radical (unpaired) electrons. The fourth-order valence-corrected chi connectivity index (χ4v) is 2.46. The Morgan fingerprint density at radius 3 is 2.70 bits per heavy atom. The molecule has 20 heavy (non-hydrogen) atoms. The molecule has 0 aliphatic heterocycles. The summed E-state index contributed by atoms with van der Waals surface area (Å²) in [5.41, 5.74) is 1.86. The number of ether oxygens (including phenoxy) is 1. The number of hydrogen-bond donors (Lipinski definition) is 1. The fourth-order valence-electron chi connectivity index (χ4n) is 1.74. The predicted molar refractivity (Wildman–Crippen MR) is 84.0 cm³/mol. The number of benzene rings is 2. The van der Waals surface area contributed by atoms with Crippen molar-refractivity contribution in [2.75, 3.05) is 11.9 Å². The van der Waals surface area contributed by atoms with Gasteiger partial charge in [-0.15, -0.1) is 0 Å². The highest BCUT2D eigenvalue weighted by atomic mass is 79.9. The van der Waals surface area contributed by atoms with Crippen molar-refractivity contribution in [3.05, 3.63) is 57.3 Å². The van der Waals surface area contributed by atoms with Crippen LogP contribution in [0.4, 0.5) is 10.1 Å². The van der Waals surface area contributed by atoms with Crippen molar-refractivity contribution >= 4 is 33.2 Å².